The molecule has 0 aliphatic heterocycles. The normalized spacial score (nSPS) is 17.8. The van der Waals surface area contributed by atoms with Crippen LogP contribution in [0.3, 0.4) is 0 Å². The minimum absolute atomic E-state index is 0.304. The Morgan fingerprint density at radius 2 is 2.45 bits per heavy atom. The molecule has 1 fully saturated rings. The molecule has 0 bridgehead atoms. The summed E-state index contributed by atoms with van der Waals surface area (Å²) in [6, 6.07) is 0. The summed E-state index contributed by atoms with van der Waals surface area (Å²) >= 11 is 1.45. The molecule has 2 nitrogen and oxygen atoms in total. The van der Waals surface area contributed by atoms with E-state index in [1.54, 1.807) is 11.7 Å². The van der Waals surface area contributed by atoms with Gasteiger partial charge in [0.1, 0.15) is 0 Å². The van der Waals surface area contributed by atoms with E-state index in [9.17, 15) is 4.79 Å². The standard InChI is InChI=1S/C8H9NOS/c10-8(6-2-1-3-6)7-4-9-5-11-7/h4-6H,1-3H2. The number of carbonyl (C=O) groups is 1. The van der Waals surface area contributed by atoms with Gasteiger partial charge in [-0.05, 0) is 12.8 Å². The van der Waals surface area contributed by atoms with Crippen LogP contribution in [0.1, 0.15) is 28.9 Å². The zero-order chi connectivity index (χ0) is 7.68. The highest BCUT2D eigenvalue weighted by Crippen LogP contribution is 2.30. The fraction of sp³-hybridized carbons (Fsp3) is 0.500. The molecule has 2 rings (SSSR count). The first-order valence-corrected chi connectivity index (χ1v) is 4.68. The fourth-order valence-corrected chi connectivity index (χ4v) is 1.85. The van der Waals surface area contributed by atoms with Gasteiger partial charge in [0.2, 0.25) is 0 Å². The average molecular weight is 167 g/mol. The topological polar surface area (TPSA) is 30.0 Å². The van der Waals surface area contributed by atoms with Gasteiger partial charge in [-0.25, -0.2) is 0 Å². The summed E-state index contributed by atoms with van der Waals surface area (Å²) in [4.78, 5) is 16.2. The van der Waals surface area contributed by atoms with Crippen molar-refractivity contribution in [2.75, 3.05) is 0 Å². The first-order chi connectivity index (χ1) is 5.38. The first kappa shape index (κ1) is 6.98. The highest BCUT2D eigenvalue weighted by Gasteiger charge is 2.26. The summed E-state index contributed by atoms with van der Waals surface area (Å²) in [5.74, 6) is 0.620. The number of aromatic nitrogens is 1. The Bertz CT molecular complexity index is 251. The van der Waals surface area contributed by atoms with Crippen molar-refractivity contribution < 1.29 is 4.79 Å². The van der Waals surface area contributed by atoms with Crippen LogP contribution in [0.4, 0.5) is 0 Å². The predicted molar refractivity (Wildman–Crippen MR) is 43.8 cm³/mol. The highest BCUT2D eigenvalue weighted by molar-refractivity contribution is 7.11. The minimum Gasteiger partial charge on any atom is -0.293 e. The molecule has 1 saturated carbocycles. The third kappa shape index (κ3) is 1.20. The van der Waals surface area contributed by atoms with E-state index in [2.05, 4.69) is 4.98 Å². The number of rotatable bonds is 2. The molecule has 1 aliphatic rings. The van der Waals surface area contributed by atoms with Crippen LogP contribution in [0, 0.1) is 5.92 Å². The number of Topliss-reactive ketones (excluding diaryl/α,β-unsaturated/α-hetero) is 1. The summed E-state index contributed by atoms with van der Waals surface area (Å²) in [5, 5.41) is 0. The molecule has 1 aromatic heterocycles. The Morgan fingerprint density at radius 3 is 2.91 bits per heavy atom. The maximum atomic E-state index is 11.5. The van der Waals surface area contributed by atoms with Crippen LogP contribution >= 0.6 is 11.3 Å². The van der Waals surface area contributed by atoms with Crippen molar-refractivity contribution in [1.82, 2.24) is 4.98 Å². The van der Waals surface area contributed by atoms with Gasteiger partial charge in [-0.3, -0.25) is 9.78 Å². The number of thiazole rings is 1. The monoisotopic (exact) mass is 167 g/mol. The number of carbonyl (C=O) groups excluding carboxylic acids is 1. The summed E-state index contributed by atoms with van der Waals surface area (Å²) in [6.07, 6.45) is 5.05. The van der Waals surface area contributed by atoms with Crippen molar-refractivity contribution in [2.45, 2.75) is 19.3 Å². The molecule has 0 amide bonds. The summed E-state index contributed by atoms with van der Waals surface area (Å²) in [7, 11) is 0. The molecule has 1 aromatic rings. The molecule has 0 N–H and O–H groups in total. The number of hydrogen-bond acceptors (Lipinski definition) is 3. The Balaban J connectivity index is 2.10. The van der Waals surface area contributed by atoms with E-state index in [1.807, 2.05) is 0 Å². The van der Waals surface area contributed by atoms with Crippen molar-refractivity contribution in [3.05, 3.63) is 16.6 Å². The molecule has 0 aromatic carbocycles. The van der Waals surface area contributed by atoms with Gasteiger partial charge in [0.15, 0.2) is 5.78 Å². The first-order valence-electron chi connectivity index (χ1n) is 3.80. The Morgan fingerprint density at radius 1 is 1.64 bits per heavy atom. The van der Waals surface area contributed by atoms with Crippen molar-refractivity contribution in [1.29, 1.82) is 0 Å². The van der Waals surface area contributed by atoms with E-state index in [0.717, 1.165) is 17.7 Å². The molecular weight excluding hydrogens is 158 g/mol. The van der Waals surface area contributed by atoms with E-state index < -0.39 is 0 Å². The van der Waals surface area contributed by atoms with Crippen LogP contribution in [0.15, 0.2) is 11.7 Å². The van der Waals surface area contributed by atoms with E-state index in [0.29, 0.717) is 11.7 Å². The lowest BCUT2D eigenvalue weighted by Crippen LogP contribution is -2.20. The van der Waals surface area contributed by atoms with Gasteiger partial charge in [0, 0.05) is 12.1 Å². The third-order valence-electron chi connectivity index (χ3n) is 2.15. The van der Waals surface area contributed by atoms with Crippen molar-refractivity contribution in [2.24, 2.45) is 5.92 Å². The second-order valence-corrected chi connectivity index (χ2v) is 3.74. The van der Waals surface area contributed by atoms with E-state index in [4.69, 9.17) is 0 Å². The van der Waals surface area contributed by atoms with Gasteiger partial charge >= 0.3 is 0 Å². The highest BCUT2D eigenvalue weighted by atomic mass is 32.1. The average Bonchev–Trinajstić information content (AvgIpc) is 2.32. The molecular formula is C8H9NOS. The number of hydrogen-bond donors (Lipinski definition) is 0. The van der Waals surface area contributed by atoms with Gasteiger partial charge in [0.25, 0.3) is 0 Å². The third-order valence-corrected chi connectivity index (χ3v) is 2.94. The van der Waals surface area contributed by atoms with Crippen LogP contribution in [-0.2, 0) is 0 Å². The van der Waals surface area contributed by atoms with Gasteiger partial charge in [-0.15, -0.1) is 11.3 Å². The number of nitrogens with zero attached hydrogens (tertiary/aromatic N) is 1. The smallest absolute Gasteiger partial charge is 0.177 e. The van der Waals surface area contributed by atoms with Crippen molar-refractivity contribution >= 4 is 17.1 Å². The molecule has 0 atom stereocenters. The molecule has 0 unspecified atom stereocenters. The lowest BCUT2D eigenvalue weighted by molar-refractivity contribution is 0.0859. The van der Waals surface area contributed by atoms with E-state index >= 15 is 0 Å². The van der Waals surface area contributed by atoms with Gasteiger partial charge in [0.05, 0.1) is 10.4 Å². The zero-order valence-corrected chi connectivity index (χ0v) is 6.93. The predicted octanol–water partition coefficient (Wildman–Crippen LogP) is 2.13. The number of ketones is 1. The van der Waals surface area contributed by atoms with E-state index in [-0.39, 0.29) is 0 Å². The lowest BCUT2D eigenvalue weighted by atomic mass is 9.82. The zero-order valence-electron chi connectivity index (χ0n) is 6.12. The van der Waals surface area contributed by atoms with Crippen LogP contribution in [-0.4, -0.2) is 10.8 Å². The van der Waals surface area contributed by atoms with Crippen LogP contribution < -0.4 is 0 Å². The van der Waals surface area contributed by atoms with Crippen molar-refractivity contribution in [3.8, 4) is 0 Å². The molecule has 0 spiro atoms. The van der Waals surface area contributed by atoms with Crippen LogP contribution in [0.25, 0.3) is 0 Å². The molecule has 3 heteroatoms. The van der Waals surface area contributed by atoms with Crippen molar-refractivity contribution in [3.63, 3.8) is 0 Å². The maximum absolute atomic E-state index is 11.5. The SMILES string of the molecule is O=C(c1cncs1)C1CCC1. The molecule has 11 heavy (non-hydrogen) atoms. The Hall–Kier alpha value is -0.700. The Kier molecular flexibility index (Phi) is 1.74. The Labute approximate surface area is 69.3 Å². The van der Waals surface area contributed by atoms with Crippen LogP contribution in [0.5, 0.6) is 0 Å². The summed E-state index contributed by atoms with van der Waals surface area (Å²) in [5.41, 5.74) is 1.71. The van der Waals surface area contributed by atoms with Gasteiger partial charge < -0.3 is 0 Å². The molecule has 1 aliphatic carbocycles. The summed E-state index contributed by atoms with van der Waals surface area (Å²) in [6.45, 7) is 0. The second kappa shape index (κ2) is 2.74. The quantitative estimate of drug-likeness (QED) is 0.631. The molecule has 0 radical (unpaired) electrons. The molecule has 1 heterocycles. The molecule has 58 valence electrons. The fourth-order valence-electron chi connectivity index (χ4n) is 1.21. The van der Waals surface area contributed by atoms with E-state index in [1.165, 1.54) is 17.8 Å². The lowest BCUT2D eigenvalue weighted by Gasteiger charge is -2.22. The van der Waals surface area contributed by atoms with Gasteiger partial charge in [-0.2, -0.15) is 0 Å². The minimum atomic E-state index is 0.304. The summed E-state index contributed by atoms with van der Waals surface area (Å²) < 4.78 is 0. The molecule has 0 saturated heterocycles. The van der Waals surface area contributed by atoms with Gasteiger partial charge in [-0.1, -0.05) is 6.42 Å². The largest absolute Gasteiger partial charge is 0.293 e. The maximum Gasteiger partial charge on any atom is 0.177 e. The second-order valence-electron chi connectivity index (χ2n) is 2.86. The van der Waals surface area contributed by atoms with Crippen LogP contribution in [0.2, 0.25) is 0 Å².